The molecule has 0 fully saturated rings. The fraction of sp³-hybridized carbons (Fsp3) is 0.267. The monoisotopic (exact) mass is 306 g/mol. The SMILES string of the molecule is CCc1cccc(N(C)N)c1OCc1ccco1.NNC=O. The van der Waals surface area contributed by atoms with E-state index in [4.69, 9.17) is 19.8 Å². The maximum Gasteiger partial charge on any atom is 0.221 e. The van der Waals surface area contributed by atoms with E-state index in [9.17, 15) is 0 Å². The summed E-state index contributed by atoms with van der Waals surface area (Å²) in [5, 5.41) is 1.57. The number of hydrazine groups is 2. The fourth-order valence-electron chi connectivity index (χ4n) is 1.83. The van der Waals surface area contributed by atoms with Gasteiger partial charge in [0.05, 0.1) is 12.0 Å². The minimum Gasteiger partial charge on any atom is -0.483 e. The van der Waals surface area contributed by atoms with Crippen LogP contribution in [0.5, 0.6) is 5.75 Å². The van der Waals surface area contributed by atoms with Crippen LogP contribution >= 0.6 is 0 Å². The van der Waals surface area contributed by atoms with E-state index in [1.54, 1.807) is 23.7 Å². The van der Waals surface area contributed by atoms with Crippen molar-refractivity contribution in [3.8, 4) is 5.75 Å². The standard InChI is InChI=1S/C14H18N2O2.CH4N2O/c1-3-11-6-4-8-13(16(2)15)14(11)18-10-12-7-5-9-17-12;2-3-1-4/h4-9H,3,10,15H2,1-2H3;1H,2H2,(H,3,4). The Morgan fingerprint density at radius 3 is 2.59 bits per heavy atom. The molecule has 0 aliphatic heterocycles. The maximum absolute atomic E-state index is 8.94. The number of carbonyl (C=O) groups excluding carboxylic acids is 1. The zero-order valence-electron chi connectivity index (χ0n) is 12.8. The smallest absolute Gasteiger partial charge is 0.221 e. The number of hydrogen-bond acceptors (Lipinski definition) is 6. The summed E-state index contributed by atoms with van der Waals surface area (Å²) in [6.07, 6.45) is 2.94. The third kappa shape index (κ3) is 5.12. The average Bonchev–Trinajstić information content (AvgIpc) is 3.06. The summed E-state index contributed by atoms with van der Waals surface area (Å²) in [5.74, 6) is 11.8. The first kappa shape index (κ1) is 17.5. The molecule has 0 bridgehead atoms. The minimum absolute atomic E-state index is 0.403. The fourth-order valence-corrected chi connectivity index (χ4v) is 1.83. The van der Waals surface area contributed by atoms with Gasteiger partial charge in [0.2, 0.25) is 6.41 Å². The highest BCUT2D eigenvalue weighted by Crippen LogP contribution is 2.31. The molecule has 0 saturated heterocycles. The molecule has 0 radical (unpaired) electrons. The van der Waals surface area contributed by atoms with Gasteiger partial charge in [0.1, 0.15) is 18.1 Å². The van der Waals surface area contributed by atoms with Crippen molar-refractivity contribution < 1.29 is 13.9 Å². The second-order valence-corrected chi connectivity index (χ2v) is 4.38. The maximum atomic E-state index is 8.94. The molecule has 0 aliphatic rings. The number of anilines is 1. The van der Waals surface area contributed by atoms with Gasteiger partial charge in [-0.25, -0.2) is 11.7 Å². The molecule has 0 aliphatic carbocycles. The Balaban J connectivity index is 0.000000541. The van der Waals surface area contributed by atoms with Crippen molar-refractivity contribution in [2.24, 2.45) is 11.7 Å². The van der Waals surface area contributed by atoms with E-state index < -0.39 is 0 Å². The van der Waals surface area contributed by atoms with Gasteiger partial charge in [-0.2, -0.15) is 0 Å². The molecule has 0 atom stereocenters. The van der Waals surface area contributed by atoms with Gasteiger partial charge in [0.15, 0.2) is 0 Å². The first-order chi connectivity index (χ1) is 10.6. The Bertz CT molecular complexity index is 556. The number of rotatable bonds is 6. The molecule has 7 nitrogen and oxygen atoms in total. The summed E-state index contributed by atoms with van der Waals surface area (Å²) >= 11 is 0. The van der Waals surface area contributed by atoms with Crippen molar-refractivity contribution in [3.05, 3.63) is 47.9 Å². The number of nitrogens with one attached hydrogen (secondary N) is 1. The summed E-state index contributed by atoms with van der Waals surface area (Å²) in [5.41, 5.74) is 3.76. The second kappa shape index (κ2) is 9.43. The van der Waals surface area contributed by atoms with E-state index in [0.717, 1.165) is 29.2 Å². The number of aryl methyl sites for hydroxylation is 1. The number of furan rings is 1. The number of ether oxygens (including phenoxy) is 1. The van der Waals surface area contributed by atoms with Crippen LogP contribution in [0.15, 0.2) is 41.0 Å². The van der Waals surface area contributed by atoms with Crippen molar-refractivity contribution in [3.63, 3.8) is 0 Å². The number of carbonyl (C=O) groups is 1. The van der Waals surface area contributed by atoms with E-state index in [1.807, 2.05) is 30.3 Å². The van der Waals surface area contributed by atoms with Crippen LogP contribution in [0.1, 0.15) is 18.2 Å². The molecule has 1 aromatic carbocycles. The van der Waals surface area contributed by atoms with E-state index >= 15 is 0 Å². The summed E-state index contributed by atoms with van der Waals surface area (Å²) in [7, 11) is 1.80. The van der Waals surface area contributed by atoms with Gasteiger partial charge in [0, 0.05) is 7.05 Å². The second-order valence-electron chi connectivity index (χ2n) is 4.38. The van der Waals surface area contributed by atoms with Gasteiger partial charge in [-0.15, -0.1) is 0 Å². The lowest BCUT2D eigenvalue weighted by Crippen LogP contribution is -2.25. The van der Waals surface area contributed by atoms with Crippen molar-refractivity contribution in [1.29, 1.82) is 0 Å². The molecular weight excluding hydrogens is 284 g/mol. The van der Waals surface area contributed by atoms with Gasteiger partial charge in [-0.3, -0.25) is 10.2 Å². The topological polar surface area (TPSA) is 107 Å². The van der Waals surface area contributed by atoms with Crippen LogP contribution in [0.25, 0.3) is 0 Å². The number of amides is 1. The molecule has 2 rings (SSSR count). The summed E-state index contributed by atoms with van der Waals surface area (Å²) in [6.45, 7) is 2.50. The lowest BCUT2D eigenvalue weighted by molar-refractivity contribution is -0.109. The Morgan fingerprint density at radius 2 is 2.09 bits per heavy atom. The van der Waals surface area contributed by atoms with Gasteiger partial charge < -0.3 is 14.2 Å². The summed E-state index contributed by atoms with van der Waals surface area (Å²) in [4.78, 5) is 8.94. The predicted molar refractivity (Wildman–Crippen MR) is 84.8 cm³/mol. The minimum atomic E-state index is 0.403. The van der Waals surface area contributed by atoms with E-state index in [0.29, 0.717) is 13.0 Å². The highest BCUT2D eigenvalue weighted by molar-refractivity contribution is 5.60. The highest BCUT2D eigenvalue weighted by Gasteiger charge is 2.11. The summed E-state index contributed by atoms with van der Waals surface area (Å²) < 4.78 is 11.1. The Morgan fingerprint density at radius 1 is 1.36 bits per heavy atom. The third-order valence-corrected chi connectivity index (χ3v) is 2.84. The van der Waals surface area contributed by atoms with Gasteiger partial charge in [-0.1, -0.05) is 19.1 Å². The normalized spacial score (nSPS) is 9.45. The molecule has 5 N–H and O–H groups in total. The van der Waals surface area contributed by atoms with Crippen LogP contribution < -0.4 is 26.9 Å². The van der Waals surface area contributed by atoms with Crippen molar-refractivity contribution >= 4 is 12.1 Å². The van der Waals surface area contributed by atoms with Crippen LogP contribution in [-0.4, -0.2) is 13.5 Å². The van der Waals surface area contributed by atoms with Gasteiger partial charge in [-0.05, 0) is 30.2 Å². The van der Waals surface area contributed by atoms with E-state index in [2.05, 4.69) is 12.8 Å². The molecule has 1 amide bonds. The molecular formula is C15H22N4O3. The Hall–Kier alpha value is -2.51. The molecule has 0 saturated carbocycles. The first-order valence-corrected chi connectivity index (χ1v) is 6.79. The molecule has 22 heavy (non-hydrogen) atoms. The molecule has 2 aromatic rings. The first-order valence-electron chi connectivity index (χ1n) is 6.79. The van der Waals surface area contributed by atoms with Gasteiger partial charge in [0.25, 0.3) is 0 Å². The van der Waals surface area contributed by atoms with Crippen LogP contribution in [0, 0.1) is 0 Å². The third-order valence-electron chi connectivity index (χ3n) is 2.84. The zero-order valence-corrected chi connectivity index (χ0v) is 12.8. The lowest BCUT2D eigenvalue weighted by Gasteiger charge is -2.19. The molecule has 1 aromatic heterocycles. The number of para-hydroxylation sites is 1. The average molecular weight is 306 g/mol. The number of hydrogen-bond donors (Lipinski definition) is 3. The Labute approximate surface area is 129 Å². The zero-order chi connectivity index (χ0) is 16.4. The highest BCUT2D eigenvalue weighted by atomic mass is 16.5. The van der Waals surface area contributed by atoms with E-state index in [1.165, 1.54) is 0 Å². The van der Waals surface area contributed by atoms with Crippen LogP contribution in [0.3, 0.4) is 0 Å². The summed E-state index contributed by atoms with van der Waals surface area (Å²) in [6, 6.07) is 9.71. The van der Waals surface area contributed by atoms with E-state index in [-0.39, 0.29) is 0 Å². The molecule has 7 heteroatoms. The van der Waals surface area contributed by atoms with Crippen molar-refractivity contribution in [2.45, 2.75) is 20.0 Å². The quantitative estimate of drug-likeness (QED) is 0.322. The molecule has 120 valence electrons. The number of benzene rings is 1. The van der Waals surface area contributed by atoms with Crippen molar-refractivity contribution in [2.75, 3.05) is 12.1 Å². The van der Waals surface area contributed by atoms with Crippen LogP contribution in [0.2, 0.25) is 0 Å². The molecule has 1 heterocycles. The number of nitrogens with zero attached hydrogens (tertiary/aromatic N) is 1. The predicted octanol–water partition coefficient (Wildman–Crippen LogP) is 1.34. The number of nitrogens with two attached hydrogens (primary N) is 2. The molecule has 0 unspecified atom stereocenters. The lowest BCUT2D eigenvalue weighted by atomic mass is 10.1. The van der Waals surface area contributed by atoms with Crippen LogP contribution in [0.4, 0.5) is 5.69 Å². The van der Waals surface area contributed by atoms with Crippen LogP contribution in [-0.2, 0) is 17.8 Å². The molecule has 0 spiro atoms. The Kier molecular flexibility index (Phi) is 7.52. The van der Waals surface area contributed by atoms with Crippen molar-refractivity contribution in [1.82, 2.24) is 5.43 Å². The largest absolute Gasteiger partial charge is 0.483 e. The van der Waals surface area contributed by atoms with Gasteiger partial charge >= 0.3 is 0 Å².